The van der Waals surface area contributed by atoms with Gasteiger partial charge in [-0.2, -0.15) is 0 Å². The van der Waals surface area contributed by atoms with Gasteiger partial charge in [-0.1, -0.05) is 54.6 Å². The Hall–Kier alpha value is -3.15. The number of hydrogen-bond donors (Lipinski definition) is 1. The normalized spacial score (nSPS) is 18.2. The predicted molar refractivity (Wildman–Crippen MR) is 125 cm³/mol. The Morgan fingerprint density at radius 2 is 1.78 bits per heavy atom. The molecule has 1 fully saturated rings. The molecular formula is C27H29NO4. The molecule has 0 spiro atoms. The van der Waals surface area contributed by atoms with Crippen LogP contribution in [0.3, 0.4) is 0 Å². The number of ketones is 1. The third kappa shape index (κ3) is 5.75. The first-order chi connectivity index (χ1) is 15.7. The van der Waals surface area contributed by atoms with Crippen LogP contribution >= 0.6 is 0 Å². The predicted octanol–water partition coefficient (Wildman–Crippen LogP) is 4.62. The van der Waals surface area contributed by atoms with Crippen LogP contribution in [0, 0.1) is 0 Å². The number of nitrogens with one attached hydrogen (secondary N) is 1. The van der Waals surface area contributed by atoms with Crippen molar-refractivity contribution in [3.63, 3.8) is 0 Å². The highest BCUT2D eigenvalue weighted by molar-refractivity contribution is 5.97. The lowest BCUT2D eigenvalue weighted by atomic mass is 9.87. The lowest BCUT2D eigenvalue weighted by molar-refractivity contribution is 0.0106. The van der Waals surface area contributed by atoms with Crippen LogP contribution in [0.1, 0.15) is 33.8 Å². The summed E-state index contributed by atoms with van der Waals surface area (Å²) < 4.78 is 17.2. The van der Waals surface area contributed by atoms with Gasteiger partial charge < -0.3 is 19.5 Å². The van der Waals surface area contributed by atoms with Gasteiger partial charge in [0, 0.05) is 18.0 Å². The molecule has 2 atom stereocenters. The maximum Gasteiger partial charge on any atom is 0.200 e. The van der Waals surface area contributed by atoms with E-state index in [1.807, 2.05) is 36.4 Å². The number of hydrogen-bond acceptors (Lipinski definition) is 5. The highest BCUT2D eigenvalue weighted by Crippen LogP contribution is 2.29. The van der Waals surface area contributed by atoms with Crippen LogP contribution in [0.25, 0.3) is 0 Å². The molecule has 5 nitrogen and oxygen atoms in total. The Morgan fingerprint density at radius 3 is 2.56 bits per heavy atom. The molecule has 0 unspecified atom stereocenters. The Balaban J connectivity index is 1.34. The van der Waals surface area contributed by atoms with Crippen molar-refractivity contribution in [2.24, 2.45) is 0 Å². The minimum absolute atomic E-state index is 0.0112. The summed E-state index contributed by atoms with van der Waals surface area (Å²) >= 11 is 0. The van der Waals surface area contributed by atoms with Crippen molar-refractivity contribution in [3.05, 3.63) is 95.6 Å². The van der Waals surface area contributed by atoms with Crippen LogP contribution in [0.5, 0.6) is 11.5 Å². The zero-order chi connectivity index (χ0) is 22.2. The van der Waals surface area contributed by atoms with Crippen LogP contribution < -0.4 is 14.8 Å². The first-order valence-electron chi connectivity index (χ1n) is 11.0. The fourth-order valence-corrected chi connectivity index (χ4v) is 4.00. The fourth-order valence-electron chi connectivity index (χ4n) is 4.00. The molecule has 4 rings (SSSR count). The topological polar surface area (TPSA) is 56.8 Å². The van der Waals surface area contributed by atoms with Crippen molar-refractivity contribution >= 4 is 5.78 Å². The fraction of sp³-hybridized carbons (Fsp3) is 0.296. The molecule has 0 bridgehead atoms. The van der Waals surface area contributed by atoms with E-state index in [0.29, 0.717) is 29.6 Å². The molecule has 1 aliphatic rings. The summed E-state index contributed by atoms with van der Waals surface area (Å²) in [4.78, 5) is 12.4. The molecule has 166 valence electrons. The van der Waals surface area contributed by atoms with E-state index in [9.17, 15) is 4.79 Å². The summed E-state index contributed by atoms with van der Waals surface area (Å²) in [6.07, 6.45) is 1.14. The van der Waals surface area contributed by atoms with Gasteiger partial charge in [0.15, 0.2) is 12.4 Å². The second-order valence-electron chi connectivity index (χ2n) is 7.95. The quantitative estimate of drug-likeness (QED) is 0.501. The van der Waals surface area contributed by atoms with E-state index in [2.05, 4.69) is 29.6 Å². The summed E-state index contributed by atoms with van der Waals surface area (Å²) in [5.41, 5.74) is 2.99. The highest BCUT2D eigenvalue weighted by atomic mass is 16.5. The van der Waals surface area contributed by atoms with Crippen molar-refractivity contribution in [3.8, 4) is 11.5 Å². The molecule has 1 N–H and O–H groups in total. The Kier molecular flexibility index (Phi) is 7.54. The van der Waals surface area contributed by atoms with Crippen LogP contribution in [0.4, 0.5) is 0 Å². The van der Waals surface area contributed by atoms with Gasteiger partial charge in [-0.05, 0) is 48.4 Å². The number of benzene rings is 3. The van der Waals surface area contributed by atoms with E-state index in [1.165, 1.54) is 11.1 Å². The number of piperidine rings is 1. The molecule has 1 aliphatic heterocycles. The van der Waals surface area contributed by atoms with Gasteiger partial charge in [0.2, 0.25) is 0 Å². The summed E-state index contributed by atoms with van der Waals surface area (Å²) in [6, 6.07) is 25.4. The second kappa shape index (κ2) is 10.9. The Labute approximate surface area is 189 Å². The van der Waals surface area contributed by atoms with Crippen molar-refractivity contribution in [1.82, 2.24) is 5.32 Å². The molecule has 5 heteroatoms. The summed E-state index contributed by atoms with van der Waals surface area (Å²) in [5.74, 6) is 1.58. The third-order valence-corrected chi connectivity index (χ3v) is 5.80. The van der Waals surface area contributed by atoms with Gasteiger partial charge in [-0.3, -0.25) is 4.79 Å². The van der Waals surface area contributed by atoms with E-state index in [1.54, 1.807) is 25.3 Å². The SMILES string of the molecule is COc1cccc(C(=O)COc2ccc([C@H]3CCNC[C@@H]3OCc3ccccc3)cc2)c1. The monoisotopic (exact) mass is 431 g/mol. The number of carbonyl (C=O) groups is 1. The minimum atomic E-state index is -0.0827. The lowest BCUT2D eigenvalue weighted by Crippen LogP contribution is -2.40. The van der Waals surface area contributed by atoms with Crippen molar-refractivity contribution in [2.75, 3.05) is 26.8 Å². The largest absolute Gasteiger partial charge is 0.497 e. The molecule has 0 saturated carbocycles. The first-order valence-corrected chi connectivity index (χ1v) is 11.0. The standard InChI is InChI=1S/C27H29NO4/c1-30-24-9-5-8-22(16-24)26(29)19-31-23-12-10-21(11-13-23)25-14-15-28-17-27(25)32-18-20-6-3-2-4-7-20/h2-13,16,25,27-28H,14-15,17-19H2,1H3/t25-,27+/m1/s1. The smallest absolute Gasteiger partial charge is 0.200 e. The molecule has 0 amide bonds. The molecule has 1 heterocycles. The van der Waals surface area contributed by atoms with Gasteiger partial charge in [-0.25, -0.2) is 0 Å². The molecule has 0 aliphatic carbocycles. The zero-order valence-corrected chi connectivity index (χ0v) is 18.3. The van der Waals surface area contributed by atoms with Crippen LogP contribution in [-0.4, -0.2) is 38.7 Å². The highest BCUT2D eigenvalue weighted by Gasteiger charge is 2.27. The van der Waals surface area contributed by atoms with Gasteiger partial charge in [0.1, 0.15) is 11.5 Å². The Bertz CT molecular complexity index is 1000. The number of ether oxygens (including phenoxy) is 3. The van der Waals surface area contributed by atoms with E-state index in [4.69, 9.17) is 14.2 Å². The van der Waals surface area contributed by atoms with Crippen molar-refractivity contribution < 1.29 is 19.0 Å². The number of rotatable bonds is 9. The van der Waals surface area contributed by atoms with E-state index in [-0.39, 0.29) is 18.5 Å². The molecule has 3 aromatic rings. The summed E-state index contributed by atoms with van der Waals surface area (Å²) in [7, 11) is 1.58. The molecule has 1 saturated heterocycles. The second-order valence-corrected chi connectivity index (χ2v) is 7.95. The first kappa shape index (κ1) is 22.1. The van der Waals surface area contributed by atoms with E-state index in [0.717, 1.165) is 19.5 Å². The molecule has 0 aromatic heterocycles. The third-order valence-electron chi connectivity index (χ3n) is 5.80. The Morgan fingerprint density at radius 1 is 0.969 bits per heavy atom. The van der Waals surface area contributed by atoms with Crippen LogP contribution in [0.2, 0.25) is 0 Å². The lowest BCUT2D eigenvalue weighted by Gasteiger charge is -2.32. The van der Waals surface area contributed by atoms with Crippen molar-refractivity contribution in [1.29, 1.82) is 0 Å². The number of methoxy groups -OCH3 is 1. The molecular weight excluding hydrogens is 402 g/mol. The van der Waals surface area contributed by atoms with Crippen LogP contribution in [0.15, 0.2) is 78.9 Å². The van der Waals surface area contributed by atoms with Crippen LogP contribution in [-0.2, 0) is 11.3 Å². The van der Waals surface area contributed by atoms with E-state index >= 15 is 0 Å². The maximum atomic E-state index is 12.4. The average Bonchev–Trinajstić information content (AvgIpc) is 2.87. The van der Waals surface area contributed by atoms with E-state index < -0.39 is 0 Å². The zero-order valence-electron chi connectivity index (χ0n) is 18.3. The van der Waals surface area contributed by atoms with Crippen molar-refractivity contribution in [2.45, 2.75) is 25.0 Å². The maximum absolute atomic E-state index is 12.4. The van der Waals surface area contributed by atoms with Gasteiger partial charge in [-0.15, -0.1) is 0 Å². The van der Waals surface area contributed by atoms with Gasteiger partial charge in [0.05, 0.1) is 19.8 Å². The number of carbonyl (C=O) groups excluding carboxylic acids is 1. The summed E-state index contributed by atoms with van der Waals surface area (Å²) in [5, 5.41) is 3.44. The average molecular weight is 432 g/mol. The summed E-state index contributed by atoms with van der Waals surface area (Å²) in [6.45, 7) is 2.41. The van der Waals surface area contributed by atoms with Gasteiger partial charge >= 0.3 is 0 Å². The molecule has 32 heavy (non-hydrogen) atoms. The molecule has 0 radical (unpaired) electrons. The number of Topliss-reactive ketones (excluding diaryl/α,β-unsaturated/α-hetero) is 1. The van der Waals surface area contributed by atoms with Gasteiger partial charge in [0.25, 0.3) is 0 Å². The minimum Gasteiger partial charge on any atom is -0.497 e. The molecule has 3 aromatic carbocycles.